The van der Waals surface area contributed by atoms with Crippen LogP contribution in [-0.2, 0) is 11.3 Å². The Bertz CT molecular complexity index is 521. The van der Waals surface area contributed by atoms with E-state index in [1.807, 2.05) is 23.1 Å². The molecular formula is C18H31Cl2N3O2. The average molecular weight is 392 g/mol. The number of hydrogen-bond donors (Lipinski definition) is 1. The normalized spacial score (nSPS) is 16.0. The first-order chi connectivity index (χ1) is 11.0. The van der Waals surface area contributed by atoms with E-state index >= 15 is 0 Å². The lowest BCUT2D eigenvalue weighted by Crippen LogP contribution is -2.53. The summed E-state index contributed by atoms with van der Waals surface area (Å²) in [6.45, 7) is 8.29. The molecule has 0 unspecified atom stereocenters. The Morgan fingerprint density at radius 3 is 2.32 bits per heavy atom. The SMILES string of the molecule is COc1ccccc1CN1CCN(C(=O)[C@@H](N)CC(C)C)CC1.Cl.Cl. The standard InChI is InChI=1S/C18H29N3O2.2ClH/c1-14(2)12-16(19)18(22)21-10-8-20(9-11-21)13-15-6-4-5-7-17(15)23-3;;/h4-7,14,16H,8-13,19H2,1-3H3;2*1H/t16-;;/m0../s1. The van der Waals surface area contributed by atoms with Crippen molar-refractivity contribution in [3.8, 4) is 5.75 Å². The summed E-state index contributed by atoms with van der Waals surface area (Å²) in [5, 5.41) is 0. The second-order valence-electron chi connectivity index (χ2n) is 6.65. The Labute approximate surface area is 163 Å². The minimum atomic E-state index is -0.365. The number of carbonyl (C=O) groups excluding carboxylic acids is 1. The maximum atomic E-state index is 12.4. The van der Waals surface area contributed by atoms with Crippen LogP contribution in [0, 0.1) is 5.92 Å². The lowest BCUT2D eigenvalue weighted by Gasteiger charge is -2.36. The first-order valence-electron chi connectivity index (χ1n) is 8.40. The summed E-state index contributed by atoms with van der Waals surface area (Å²) < 4.78 is 5.41. The van der Waals surface area contributed by atoms with E-state index in [-0.39, 0.29) is 36.8 Å². The molecular weight excluding hydrogens is 361 g/mol. The van der Waals surface area contributed by atoms with Crippen molar-refractivity contribution >= 4 is 30.7 Å². The molecule has 0 saturated carbocycles. The molecule has 0 bridgehead atoms. The van der Waals surface area contributed by atoms with E-state index in [0.29, 0.717) is 5.92 Å². The van der Waals surface area contributed by atoms with Crippen LogP contribution < -0.4 is 10.5 Å². The molecule has 1 amide bonds. The molecule has 1 aliphatic rings. The van der Waals surface area contributed by atoms with Crippen LogP contribution in [0.15, 0.2) is 24.3 Å². The van der Waals surface area contributed by atoms with Crippen molar-refractivity contribution in [1.29, 1.82) is 0 Å². The Morgan fingerprint density at radius 2 is 1.76 bits per heavy atom. The topological polar surface area (TPSA) is 58.8 Å². The molecule has 1 aromatic carbocycles. The number of methoxy groups -OCH3 is 1. The van der Waals surface area contributed by atoms with E-state index in [1.54, 1.807) is 7.11 Å². The van der Waals surface area contributed by atoms with Crippen molar-refractivity contribution in [3.05, 3.63) is 29.8 Å². The highest BCUT2D eigenvalue weighted by Gasteiger charge is 2.25. The molecule has 7 heteroatoms. The second-order valence-corrected chi connectivity index (χ2v) is 6.65. The fourth-order valence-corrected chi connectivity index (χ4v) is 3.04. The molecule has 1 heterocycles. The average Bonchev–Trinajstić information content (AvgIpc) is 2.55. The number of nitrogens with two attached hydrogens (primary N) is 1. The van der Waals surface area contributed by atoms with E-state index in [9.17, 15) is 4.79 Å². The number of ether oxygens (including phenoxy) is 1. The summed E-state index contributed by atoms with van der Waals surface area (Å²) in [5.74, 6) is 1.46. The van der Waals surface area contributed by atoms with Crippen LogP contribution in [0.5, 0.6) is 5.75 Å². The van der Waals surface area contributed by atoms with Gasteiger partial charge in [0.1, 0.15) is 5.75 Å². The summed E-state index contributed by atoms with van der Waals surface area (Å²) >= 11 is 0. The van der Waals surface area contributed by atoms with Gasteiger partial charge in [0, 0.05) is 38.3 Å². The maximum absolute atomic E-state index is 12.4. The molecule has 25 heavy (non-hydrogen) atoms. The van der Waals surface area contributed by atoms with Crippen LogP contribution in [-0.4, -0.2) is 55.0 Å². The molecule has 1 aliphatic heterocycles. The fraction of sp³-hybridized carbons (Fsp3) is 0.611. The van der Waals surface area contributed by atoms with Crippen LogP contribution >= 0.6 is 24.8 Å². The number of para-hydroxylation sites is 1. The van der Waals surface area contributed by atoms with Crippen LogP contribution in [0.4, 0.5) is 0 Å². The molecule has 1 saturated heterocycles. The van der Waals surface area contributed by atoms with Gasteiger partial charge in [-0.25, -0.2) is 0 Å². The molecule has 1 atom stereocenters. The van der Waals surface area contributed by atoms with Gasteiger partial charge in [0.25, 0.3) is 0 Å². The number of carbonyl (C=O) groups is 1. The van der Waals surface area contributed by atoms with Gasteiger partial charge in [0.2, 0.25) is 5.91 Å². The van der Waals surface area contributed by atoms with Gasteiger partial charge < -0.3 is 15.4 Å². The Hall–Kier alpha value is -1.01. The number of piperazine rings is 1. The first kappa shape index (κ1) is 24.0. The number of halogens is 2. The van der Waals surface area contributed by atoms with Gasteiger partial charge in [0.15, 0.2) is 0 Å². The quantitative estimate of drug-likeness (QED) is 0.809. The lowest BCUT2D eigenvalue weighted by molar-refractivity contribution is -0.134. The van der Waals surface area contributed by atoms with Crippen LogP contribution in [0.3, 0.4) is 0 Å². The Kier molecular flexibility index (Phi) is 11.1. The van der Waals surface area contributed by atoms with Gasteiger partial charge in [0.05, 0.1) is 13.2 Å². The van der Waals surface area contributed by atoms with Crippen LogP contribution in [0.2, 0.25) is 0 Å². The minimum Gasteiger partial charge on any atom is -0.496 e. The van der Waals surface area contributed by atoms with Crippen molar-refractivity contribution < 1.29 is 9.53 Å². The fourth-order valence-electron chi connectivity index (χ4n) is 3.04. The number of benzene rings is 1. The summed E-state index contributed by atoms with van der Waals surface area (Å²) in [6.07, 6.45) is 0.750. The third-order valence-electron chi connectivity index (χ3n) is 4.31. The molecule has 1 aromatic rings. The van der Waals surface area contributed by atoms with Gasteiger partial charge >= 0.3 is 0 Å². The smallest absolute Gasteiger partial charge is 0.239 e. The third-order valence-corrected chi connectivity index (χ3v) is 4.31. The molecule has 144 valence electrons. The Morgan fingerprint density at radius 1 is 1.16 bits per heavy atom. The summed E-state index contributed by atoms with van der Waals surface area (Å²) in [7, 11) is 1.70. The van der Waals surface area contributed by atoms with Crippen molar-refractivity contribution in [2.45, 2.75) is 32.9 Å². The zero-order chi connectivity index (χ0) is 16.8. The highest BCUT2D eigenvalue weighted by atomic mass is 35.5. The molecule has 0 aromatic heterocycles. The molecule has 1 fully saturated rings. The molecule has 0 spiro atoms. The predicted molar refractivity (Wildman–Crippen MR) is 107 cm³/mol. The number of hydrogen-bond acceptors (Lipinski definition) is 4. The van der Waals surface area contributed by atoms with Crippen molar-refractivity contribution in [2.75, 3.05) is 33.3 Å². The zero-order valence-electron chi connectivity index (χ0n) is 15.3. The molecule has 0 radical (unpaired) electrons. The van der Waals surface area contributed by atoms with E-state index < -0.39 is 0 Å². The highest BCUT2D eigenvalue weighted by molar-refractivity contribution is 5.85. The van der Waals surface area contributed by atoms with Gasteiger partial charge in [-0.15, -0.1) is 24.8 Å². The van der Waals surface area contributed by atoms with Gasteiger partial charge in [-0.05, 0) is 18.4 Å². The first-order valence-corrected chi connectivity index (χ1v) is 8.40. The van der Waals surface area contributed by atoms with Gasteiger partial charge in [-0.1, -0.05) is 32.0 Å². The van der Waals surface area contributed by atoms with E-state index in [0.717, 1.165) is 44.9 Å². The zero-order valence-corrected chi connectivity index (χ0v) is 16.9. The van der Waals surface area contributed by atoms with Gasteiger partial charge in [-0.3, -0.25) is 9.69 Å². The molecule has 2 N–H and O–H groups in total. The number of amides is 1. The maximum Gasteiger partial charge on any atom is 0.239 e. The van der Waals surface area contributed by atoms with Gasteiger partial charge in [-0.2, -0.15) is 0 Å². The largest absolute Gasteiger partial charge is 0.496 e. The molecule has 0 aliphatic carbocycles. The summed E-state index contributed by atoms with van der Waals surface area (Å²) in [4.78, 5) is 16.6. The highest BCUT2D eigenvalue weighted by Crippen LogP contribution is 2.20. The third kappa shape index (κ3) is 7.02. The van der Waals surface area contributed by atoms with E-state index in [2.05, 4.69) is 24.8 Å². The second kappa shape index (κ2) is 11.6. The summed E-state index contributed by atoms with van der Waals surface area (Å²) in [6, 6.07) is 7.72. The van der Waals surface area contributed by atoms with E-state index in [1.165, 1.54) is 5.56 Å². The van der Waals surface area contributed by atoms with Crippen molar-refractivity contribution in [3.63, 3.8) is 0 Å². The van der Waals surface area contributed by atoms with E-state index in [4.69, 9.17) is 10.5 Å². The lowest BCUT2D eigenvalue weighted by atomic mass is 10.0. The monoisotopic (exact) mass is 391 g/mol. The number of nitrogens with zero attached hydrogens (tertiary/aromatic N) is 2. The molecule has 5 nitrogen and oxygen atoms in total. The van der Waals surface area contributed by atoms with Crippen LogP contribution in [0.1, 0.15) is 25.8 Å². The predicted octanol–water partition coefficient (Wildman–Crippen LogP) is 2.56. The van der Waals surface area contributed by atoms with Crippen molar-refractivity contribution in [1.82, 2.24) is 9.80 Å². The Balaban J connectivity index is 0.00000288. The number of rotatable bonds is 6. The minimum absolute atomic E-state index is 0. The summed E-state index contributed by atoms with van der Waals surface area (Å²) in [5.41, 5.74) is 7.21. The van der Waals surface area contributed by atoms with Crippen LogP contribution in [0.25, 0.3) is 0 Å². The van der Waals surface area contributed by atoms with Crippen molar-refractivity contribution in [2.24, 2.45) is 11.7 Å². The molecule has 2 rings (SSSR count).